The molecule has 1 fully saturated rings. The number of ether oxygens (including phenoxy) is 1. The molecule has 7 nitrogen and oxygen atoms in total. The summed E-state index contributed by atoms with van der Waals surface area (Å²) in [6, 6.07) is 0.159. The summed E-state index contributed by atoms with van der Waals surface area (Å²) in [4.78, 5) is 14.4. The largest absolute Gasteiger partial charge is 0.370 e. The van der Waals surface area contributed by atoms with Crippen molar-refractivity contribution in [2.24, 2.45) is 0 Å². The van der Waals surface area contributed by atoms with Crippen LogP contribution >= 0.6 is 0 Å². The van der Waals surface area contributed by atoms with E-state index in [1.54, 1.807) is 6.20 Å². The molecule has 1 aromatic heterocycles. The first-order valence-corrected chi connectivity index (χ1v) is 8.02. The summed E-state index contributed by atoms with van der Waals surface area (Å²) in [6.07, 6.45) is 3.78. The molecule has 2 aliphatic heterocycles. The van der Waals surface area contributed by atoms with Crippen molar-refractivity contribution in [3.63, 3.8) is 0 Å². The number of carbonyl (C=O) groups excluding carboxylic acids is 1. The maximum absolute atomic E-state index is 12.2. The highest BCUT2D eigenvalue weighted by atomic mass is 16.5. The van der Waals surface area contributed by atoms with Gasteiger partial charge in [-0.2, -0.15) is 0 Å². The maximum Gasteiger partial charge on any atom is 0.234 e. The van der Waals surface area contributed by atoms with Gasteiger partial charge in [0.05, 0.1) is 37.2 Å². The minimum absolute atomic E-state index is 0.0841. The van der Waals surface area contributed by atoms with Gasteiger partial charge in [0, 0.05) is 18.6 Å². The summed E-state index contributed by atoms with van der Waals surface area (Å²) in [5, 5.41) is 11.3. The topological polar surface area (TPSA) is 72.3 Å². The number of aromatic nitrogens is 3. The van der Waals surface area contributed by atoms with Gasteiger partial charge in [-0.05, 0) is 26.7 Å². The predicted octanol–water partition coefficient (Wildman–Crippen LogP) is 0.729. The van der Waals surface area contributed by atoms with E-state index in [2.05, 4.69) is 27.5 Å². The van der Waals surface area contributed by atoms with Crippen LogP contribution in [0.3, 0.4) is 0 Å². The van der Waals surface area contributed by atoms with Gasteiger partial charge >= 0.3 is 0 Å². The molecule has 0 spiro atoms. The molecular weight excluding hydrogens is 282 g/mol. The van der Waals surface area contributed by atoms with Gasteiger partial charge in [-0.1, -0.05) is 12.1 Å². The fraction of sp³-hybridized carbons (Fsp3) is 0.800. The standard InChI is InChI=1S/C15H25N5O2/c1-4-15(2,3)17-14(21)9-19-6-5-13-12(8-19)20-11(10-22-13)7-16-18-20/h7,12-13H,4-6,8-10H2,1-3H3,(H,17,21)/t12-,13+/m1/s1. The highest BCUT2D eigenvalue weighted by molar-refractivity contribution is 5.78. The van der Waals surface area contributed by atoms with Crippen LogP contribution in [0.25, 0.3) is 0 Å². The van der Waals surface area contributed by atoms with Gasteiger partial charge in [0.25, 0.3) is 0 Å². The molecule has 0 aromatic carbocycles. The van der Waals surface area contributed by atoms with Crippen molar-refractivity contribution >= 4 is 5.91 Å². The van der Waals surface area contributed by atoms with Gasteiger partial charge in [-0.25, -0.2) is 4.68 Å². The molecule has 0 radical (unpaired) electrons. The third-order valence-corrected chi connectivity index (χ3v) is 4.74. The molecule has 2 atom stereocenters. The number of carbonyl (C=O) groups is 1. The van der Waals surface area contributed by atoms with E-state index in [1.807, 2.05) is 18.5 Å². The predicted molar refractivity (Wildman–Crippen MR) is 81.2 cm³/mol. The average Bonchev–Trinajstić information content (AvgIpc) is 2.95. The lowest BCUT2D eigenvalue weighted by Gasteiger charge is -2.41. The number of hydrogen-bond acceptors (Lipinski definition) is 5. The van der Waals surface area contributed by atoms with Gasteiger partial charge in [0.2, 0.25) is 5.91 Å². The SMILES string of the molecule is CCC(C)(C)NC(=O)CN1CC[C@@H]2OCc3cnnn3[C@@H]2C1. The quantitative estimate of drug-likeness (QED) is 0.888. The van der Waals surface area contributed by atoms with Crippen molar-refractivity contribution in [3.8, 4) is 0 Å². The Morgan fingerprint density at radius 3 is 3.14 bits per heavy atom. The van der Waals surface area contributed by atoms with E-state index >= 15 is 0 Å². The number of rotatable bonds is 4. The van der Waals surface area contributed by atoms with Crippen LogP contribution in [0, 0.1) is 0 Å². The Hall–Kier alpha value is -1.47. The summed E-state index contributed by atoms with van der Waals surface area (Å²) < 4.78 is 7.86. The zero-order chi connectivity index (χ0) is 15.7. The third-order valence-electron chi connectivity index (χ3n) is 4.74. The zero-order valence-electron chi connectivity index (χ0n) is 13.6. The second-order valence-corrected chi connectivity index (χ2v) is 6.90. The Kier molecular flexibility index (Phi) is 4.18. The van der Waals surface area contributed by atoms with Gasteiger partial charge in [-0.3, -0.25) is 9.69 Å². The third kappa shape index (κ3) is 3.15. The lowest BCUT2D eigenvalue weighted by molar-refractivity contribution is -0.126. The second-order valence-electron chi connectivity index (χ2n) is 6.90. The van der Waals surface area contributed by atoms with Crippen LogP contribution in [-0.4, -0.2) is 57.1 Å². The van der Waals surface area contributed by atoms with Crippen LogP contribution in [0.4, 0.5) is 0 Å². The Morgan fingerprint density at radius 2 is 2.36 bits per heavy atom. The minimum atomic E-state index is -0.150. The van der Waals surface area contributed by atoms with Gasteiger partial charge in [-0.15, -0.1) is 5.10 Å². The normalized spacial score (nSPS) is 25.4. The highest BCUT2D eigenvalue weighted by Crippen LogP contribution is 2.29. The molecule has 0 bridgehead atoms. The van der Waals surface area contributed by atoms with E-state index in [0.29, 0.717) is 13.2 Å². The number of piperidine rings is 1. The average molecular weight is 307 g/mol. The van der Waals surface area contributed by atoms with Gasteiger partial charge in [0.15, 0.2) is 0 Å². The Morgan fingerprint density at radius 1 is 1.55 bits per heavy atom. The molecule has 1 saturated heterocycles. The monoisotopic (exact) mass is 307 g/mol. The molecule has 0 unspecified atom stereocenters. The summed E-state index contributed by atoms with van der Waals surface area (Å²) >= 11 is 0. The van der Waals surface area contributed by atoms with E-state index in [-0.39, 0.29) is 23.6 Å². The molecule has 22 heavy (non-hydrogen) atoms. The Bertz CT molecular complexity index is 542. The van der Waals surface area contributed by atoms with Crippen LogP contribution < -0.4 is 5.32 Å². The molecule has 3 rings (SSSR count). The smallest absolute Gasteiger partial charge is 0.234 e. The lowest BCUT2D eigenvalue weighted by Crippen LogP contribution is -2.52. The van der Waals surface area contributed by atoms with Crippen molar-refractivity contribution in [2.75, 3.05) is 19.6 Å². The fourth-order valence-corrected chi connectivity index (χ4v) is 3.10. The molecule has 1 aromatic rings. The molecule has 1 amide bonds. The number of nitrogens with one attached hydrogen (secondary N) is 1. The Labute approximate surface area is 131 Å². The Balaban J connectivity index is 1.61. The molecule has 2 aliphatic rings. The van der Waals surface area contributed by atoms with Gasteiger partial charge in [0.1, 0.15) is 0 Å². The molecule has 7 heteroatoms. The van der Waals surface area contributed by atoms with E-state index in [0.717, 1.165) is 31.6 Å². The molecule has 0 saturated carbocycles. The van der Waals surface area contributed by atoms with Crippen LogP contribution in [-0.2, 0) is 16.1 Å². The number of hydrogen-bond donors (Lipinski definition) is 1. The molecule has 0 aliphatic carbocycles. The minimum Gasteiger partial charge on any atom is -0.370 e. The molecular formula is C15H25N5O2. The molecule has 1 N–H and O–H groups in total. The summed E-state index contributed by atoms with van der Waals surface area (Å²) in [6.45, 7) is 8.85. The number of amides is 1. The summed E-state index contributed by atoms with van der Waals surface area (Å²) in [7, 11) is 0. The summed E-state index contributed by atoms with van der Waals surface area (Å²) in [5.74, 6) is 0.0841. The lowest BCUT2D eigenvalue weighted by atomic mass is 10.00. The fourth-order valence-electron chi connectivity index (χ4n) is 3.10. The van der Waals surface area contributed by atoms with E-state index in [4.69, 9.17) is 4.74 Å². The van der Waals surface area contributed by atoms with E-state index < -0.39 is 0 Å². The highest BCUT2D eigenvalue weighted by Gasteiger charge is 2.37. The first-order chi connectivity index (χ1) is 10.5. The first-order valence-electron chi connectivity index (χ1n) is 8.02. The van der Waals surface area contributed by atoms with E-state index in [1.165, 1.54) is 0 Å². The van der Waals surface area contributed by atoms with Crippen LogP contribution in [0.5, 0.6) is 0 Å². The van der Waals surface area contributed by atoms with Crippen molar-refractivity contribution in [3.05, 3.63) is 11.9 Å². The van der Waals surface area contributed by atoms with Crippen molar-refractivity contribution in [2.45, 2.75) is 57.9 Å². The van der Waals surface area contributed by atoms with E-state index in [9.17, 15) is 4.79 Å². The molecule has 3 heterocycles. The maximum atomic E-state index is 12.2. The second kappa shape index (κ2) is 5.96. The van der Waals surface area contributed by atoms with Crippen molar-refractivity contribution in [1.29, 1.82) is 0 Å². The first kappa shape index (κ1) is 15.4. The van der Waals surface area contributed by atoms with Gasteiger partial charge < -0.3 is 10.1 Å². The van der Waals surface area contributed by atoms with Crippen molar-refractivity contribution < 1.29 is 9.53 Å². The number of fused-ring (bicyclic) bond motifs is 3. The van der Waals surface area contributed by atoms with Crippen LogP contribution in [0.2, 0.25) is 0 Å². The van der Waals surface area contributed by atoms with Crippen molar-refractivity contribution in [1.82, 2.24) is 25.2 Å². The number of nitrogens with zero attached hydrogens (tertiary/aromatic N) is 4. The number of likely N-dealkylation sites (tertiary alicyclic amines) is 1. The van der Waals surface area contributed by atoms with Crippen LogP contribution in [0.1, 0.15) is 45.3 Å². The zero-order valence-corrected chi connectivity index (χ0v) is 13.6. The van der Waals surface area contributed by atoms with Crippen LogP contribution in [0.15, 0.2) is 6.20 Å². The summed E-state index contributed by atoms with van der Waals surface area (Å²) in [5.41, 5.74) is 0.863. The molecule has 122 valence electrons.